The smallest absolute Gasteiger partial charge is 0.274 e. The summed E-state index contributed by atoms with van der Waals surface area (Å²) < 4.78 is 10.8. The van der Waals surface area contributed by atoms with Gasteiger partial charge < -0.3 is 20.1 Å². The Bertz CT molecular complexity index is 921. The third-order valence-electron chi connectivity index (χ3n) is 4.14. The predicted molar refractivity (Wildman–Crippen MR) is 115 cm³/mol. The zero-order valence-corrected chi connectivity index (χ0v) is 16.8. The number of nitrogens with zero attached hydrogens (tertiary/aromatic N) is 1. The van der Waals surface area contributed by atoms with Crippen molar-refractivity contribution in [3.05, 3.63) is 78.1 Å². The van der Waals surface area contributed by atoms with E-state index in [1.807, 2.05) is 56.3 Å². The van der Waals surface area contributed by atoms with E-state index in [0.717, 1.165) is 22.7 Å². The van der Waals surface area contributed by atoms with Gasteiger partial charge in [0.1, 0.15) is 17.2 Å². The number of pyridine rings is 1. The van der Waals surface area contributed by atoms with Gasteiger partial charge >= 0.3 is 0 Å². The molecule has 0 aliphatic heterocycles. The fourth-order valence-corrected chi connectivity index (χ4v) is 2.66. The number of benzene rings is 2. The minimum absolute atomic E-state index is 0.108. The van der Waals surface area contributed by atoms with Crippen LogP contribution < -0.4 is 20.1 Å². The summed E-state index contributed by atoms with van der Waals surface area (Å²) in [6, 6.07) is 18.6. The molecule has 6 heteroatoms. The zero-order chi connectivity index (χ0) is 20.6. The molecule has 2 aromatic carbocycles. The molecule has 29 heavy (non-hydrogen) atoms. The predicted octanol–water partition coefficient (Wildman–Crippen LogP) is 4.74. The van der Waals surface area contributed by atoms with Crippen molar-refractivity contribution in [1.29, 1.82) is 0 Å². The van der Waals surface area contributed by atoms with Crippen LogP contribution in [0.3, 0.4) is 0 Å². The van der Waals surface area contributed by atoms with Crippen LogP contribution in [0.25, 0.3) is 0 Å². The van der Waals surface area contributed by atoms with Gasteiger partial charge in [-0.1, -0.05) is 12.1 Å². The molecule has 0 aliphatic rings. The van der Waals surface area contributed by atoms with E-state index in [-0.39, 0.29) is 12.0 Å². The van der Waals surface area contributed by atoms with Crippen LogP contribution in [-0.4, -0.2) is 24.1 Å². The van der Waals surface area contributed by atoms with Gasteiger partial charge in [0.25, 0.3) is 5.91 Å². The number of ether oxygens (including phenoxy) is 2. The van der Waals surface area contributed by atoms with E-state index in [2.05, 4.69) is 15.6 Å². The maximum absolute atomic E-state index is 12.4. The molecule has 0 saturated carbocycles. The van der Waals surface area contributed by atoms with Crippen LogP contribution in [0.5, 0.6) is 11.5 Å². The fraction of sp³-hybridized carbons (Fsp3) is 0.217. The Morgan fingerprint density at radius 1 is 0.931 bits per heavy atom. The summed E-state index contributed by atoms with van der Waals surface area (Å²) in [6.07, 6.45) is 1.76. The van der Waals surface area contributed by atoms with Gasteiger partial charge in [-0.3, -0.25) is 4.79 Å². The highest BCUT2D eigenvalue weighted by atomic mass is 16.5. The van der Waals surface area contributed by atoms with Crippen molar-refractivity contribution >= 4 is 17.3 Å². The van der Waals surface area contributed by atoms with E-state index in [1.54, 1.807) is 31.5 Å². The molecule has 0 atom stereocenters. The lowest BCUT2D eigenvalue weighted by Gasteiger charge is -2.11. The SMILES string of the molecule is COc1ccc(CNc2ccc(C(=O)Nc3ccc(OC(C)C)cc3)nc2)cc1. The van der Waals surface area contributed by atoms with Gasteiger partial charge in [-0.15, -0.1) is 0 Å². The molecule has 0 bridgehead atoms. The normalized spacial score (nSPS) is 10.5. The van der Waals surface area contributed by atoms with Crippen LogP contribution in [-0.2, 0) is 6.54 Å². The lowest BCUT2D eigenvalue weighted by atomic mass is 10.2. The number of carbonyl (C=O) groups excluding carboxylic acids is 1. The minimum atomic E-state index is -0.260. The highest BCUT2D eigenvalue weighted by molar-refractivity contribution is 6.02. The number of aromatic nitrogens is 1. The molecule has 0 fully saturated rings. The first kappa shape index (κ1) is 20.2. The Kier molecular flexibility index (Phi) is 6.68. The molecule has 1 heterocycles. The number of carbonyl (C=O) groups is 1. The van der Waals surface area contributed by atoms with Gasteiger partial charge in [0, 0.05) is 12.2 Å². The Hall–Kier alpha value is -3.54. The third kappa shape index (κ3) is 5.97. The number of amides is 1. The second kappa shape index (κ2) is 9.59. The van der Waals surface area contributed by atoms with Crippen LogP contribution in [0, 0.1) is 0 Å². The van der Waals surface area contributed by atoms with Crippen molar-refractivity contribution in [2.75, 3.05) is 17.7 Å². The van der Waals surface area contributed by atoms with Crippen LogP contribution >= 0.6 is 0 Å². The Labute approximate surface area is 170 Å². The Morgan fingerprint density at radius 3 is 2.17 bits per heavy atom. The van der Waals surface area contributed by atoms with Gasteiger partial charge in [0.15, 0.2) is 0 Å². The van der Waals surface area contributed by atoms with Crippen LogP contribution in [0.1, 0.15) is 29.9 Å². The first-order valence-electron chi connectivity index (χ1n) is 9.44. The van der Waals surface area contributed by atoms with E-state index in [0.29, 0.717) is 17.9 Å². The van der Waals surface area contributed by atoms with Gasteiger partial charge in [-0.25, -0.2) is 4.98 Å². The molecular weight excluding hydrogens is 366 g/mol. The van der Waals surface area contributed by atoms with Crippen molar-refractivity contribution in [2.45, 2.75) is 26.5 Å². The fourth-order valence-electron chi connectivity index (χ4n) is 2.66. The summed E-state index contributed by atoms with van der Waals surface area (Å²) in [5.74, 6) is 1.33. The van der Waals surface area contributed by atoms with Crippen molar-refractivity contribution in [1.82, 2.24) is 4.98 Å². The summed E-state index contributed by atoms with van der Waals surface area (Å²) in [7, 11) is 1.65. The van der Waals surface area contributed by atoms with Crippen molar-refractivity contribution in [3.8, 4) is 11.5 Å². The van der Waals surface area contributed by atoms with Gasteiger partial charge in [0.2, 0.25) is 0 Å². The summed E-state index contributed by atoms with van der Waals surface area (Å²) in [4.78, 5) is 16.6. The van der Waals surface area contributed by atoms with Gasteiger partial charge in [0.05, 0.1) is 25.1 Å². The van der Waals surface area contributed by atoms with E-state index in [1.165, 1.54) is 0 Å². The average Bonchev–Trinajstić information content (AvgIpc) is 2.74. The molecule has 1 amide bonds. The van der Waals surface area contributed by atoms with Crippen molar-refractivity contribution < 1.29 is 14.3 Å². The maximum atomic E-state index is 12.4. The third-order valence-corrected chi connectivity index (χ3v) is 4.14. The Morgan fingerprint density at radius 2 is 1.59 bits per heavy atom. The second-order valence-electron chi connectivity index (χ2n) is 6.78. The second-order valence-corrected chi connectivity index (χ2v) is 6.78. The van der Waals surface area contributed by atoms with Crippen molar-refractivity contribution in [3.63, 3.8) is 0 Å². The van der Waals surface area contributed by atoms with Gasteiger partial charge in [-0.2, -0.15) is 0 Å². The molecule has 3 aromatic rings. The summed E-state index contributed by atoms with van der Waals surface area (Å²) >= 11 is 0. The highest BCUT2D eigenvalue weighted by Gasteiger charge is 2.08. The van der Waals surface area contributed by atoms with Crippen molar-refractivity contribution in [2.24, 2.45) is 0 Å². The van der Waals surface area contributed by atoms with E-state index < -0.39 is 0 Å². The van der Waals surface area contributed by atoms with E-state index in [9.17, 15) is 4.79 Å². The summed E-state index contributed by atoms with van der Waals surface area (Å²) in [5.41, 5.74) is 3.00. The van der Waals surface area contributed by atoms with Crippen LogP contribution in [0.4, 0.5) is 11.4 Å². The number of anilines is 2. The monoisotopic (exact) mass is 391 g/mol. The Balaban J connectivity index is 1.54. The molecule has 0 saturated heterocycles. The maximum Gasteiger partial charge on any atom is 0.274 e. The summed E-state index contributed by atoms with van der Waals surface area (Å²) in [6.45, 7) is 4.59. The quantitative estimate of drug-likeness (QED) is 0.580. The lowest BCUT2D eigenvalue weighted by Crippen LogP contribution is -2.14. The van der Waals surface area contributed by atoms with E-state index >= 15 is 0 Å². The van der Waals surface area contributed by atoms with Crippen LogP contribution in [0.15, 0.2) is 66.9 Å². The molecule has 2 N–H and O–H groups in total. The first-order chi connectivity index (χ1) is 14.0. The van der Waals surface area contributed by atoms with Crippen LogP contribution in [0.2, 0.25) is 0 Å². The minimum Gasteiger partial charge on any atom is -0.497 e. The lowest BCUT2D eigenvalue weighted by molar-refractivity contribution is 0.102. The number of hydrogen-bond donors (Lipinski definition) is 2. The number of rotatable bonds is 8. The average molecular weight is 391 g/mol. The summed E-state index contributed by atoms with van der Waals surface area (Å²) in [5, 5.41) is 6.12. The highest BCUT2D eigenvalue weighted by Crippen LogP contribution is 2.18. The topological polar surface area (TPSA) is 72.5 Å². The van der Waals surface area contributed by atoms with Gasteiger partial charge in [-0.05, 0) is 67.9 Å². The molecular formula is C23H25N3O3. The molecule has 1 aromatic heterocycles. The number of nitrogens with one attached hydrogen (secondary N) is 2. The zero-order valence-electron chi connectivity index (χ0n) is 16.8. The molecule has 150 valence electrons. The molecule has 3 rings (SSSR count). The molecule has 0 aliphatic carbocycles. The molecule has 0 unspecified atom stereocenters. The number of hydrogen-bond acceptors (Lipinski definition) is 5. The van der Waals surface area contributed by atoms with E-state index in [4.69, 9.17) is 9.47 Å². The largest absolute Gasteiger partial charge is 0.497 e. The molecule has 6 nitrogen and oxygen atoms in total. The molecule has 0 spiro atoms. The first-order valence-corrected chi connectivity index (χ1v) is 9.44. The number of methoxy groups -OCH3 is 1. The standard InChI is InChI=1S/C23H25N3O3/c1-16(2)29-21-11-6-18(7-12-21)26-23(27)22-13-8-19(15-25-22)24-14-17-4-9-20(28-3)10-5-17/h4-13,15-16,24H,14H2,1-3H3,(H,26,27). The molecule has 0 radical (unpaired) electrons.